The molecule has 3 aromatic rings. The smallest absolute Gasteiger partial charge is 0.462 e. The van der Waals surface area contributed by atoms with Gasteiger partial charge in [0.25, 0.3) is 0 Å². The van der Waals surface area contributed by atoms with Crippen molar-refractivity contribution in [3.63, 3.8) is 0 Å². The zero-order valence-electron chi connectivity index (χ0n) is 25.6. The van der Waals surface area contributed by atoms with Gasteiger partial charge < -0.3 is 23.7 Å². The minimum absolute atomic E-state index is 0.334. The molecule has 3 aromatic carbocycles. The lowest BCUT2D eigenvalue weighted by molar-refractivity contribution is 0.00578. The Morgan fingerprint density at radius 1 is 0.643 bits per heavy atom. The molecule has 1 fully saturated rings. The molecule has 0 saturated carbocycles. The lowest BCUT2D eigenvalue weighted by atomic mass is 9.79. The van der Waals surface area contributed by atoms with Gasteiger partial charge in [-0.15, -0.1) is 0 Å². The highest BCUT2D eigenvalue weighted by molar-refractivity contribution is 6.62. The number of esters is 2. The first kappa shape index (κ1) is 31.3. The van der Waals surface area contributed by atoms with Gasteiger partial charge in [-0.2, -0.15) is 0 Å². The van der Waals surface area contributed by atoms with Crippen molar-refractivity contribution in [3.8, 4) is 0 Å². The van der Waals surface area contributed by atoms with E-state index in [9.17, 15) is 9.59 Å². The fourth-order valence-electron chi connectivity index (χ4n) is 4.49. The highest BCUT2D eigenvalue weighted by atomic mass is 16.7. The zero-order chi connectivity index (χ0) is 30.3. The summed E-state index contributed by atoms with van der Waals surface area (Å²) in [6.45, 7) is 13.1. The molecule has 0 atom stereocenters. The average Bonchev–Trinajstić information content (AvgIpc) is 3.20. The SMILES string of the molecule is CCCCOC(=O)c1ccc(N(c2ccc(B3OC(C)(C)C(C)(C)O3)cc2)c2ccc(C(=O)OCCCC)cc2)cc1. The Balaban J connectivity index is 1.62. The maximum Gasteiger partial charge on any atom is 0.494 e. The van der Waals surface area contributed by atoms with E-state index in [-0.39, 0.29) is 11.9 Å². The average molecular weight is 572 g/mol. The van der Waals surface area contributed by atoms with E-state index in [1.807, 2.05) is 76.2 Å². The standard InChI is InChI=1S/C34H42BNO6/c1-7-9-23-39-31(37)25-11-17-28(18-12-25)36(29-19-13-26(14-20-29)32(38)40-24-10-8-2)30-21-15-27(16-22-30)35-41-33(3,4)34(5,6)42-35/h11-22H,7-10,23-24H2,1-6H3. The monoisotopic (exact) mass is 571 g/mol. The van der Waals surface area contributed by atoms with Crippen LogP contribution < -0.4 is 10.4 Å². The minimum Gasteiger partial charge on any atom is -0.462 e. The Morgan fingerprint density at radius 2 is 1.00 bits per heavy atom. The number of benzene rings is 3. The summed E-state index contributed by atoms with van der Waals surface area (Å²) in [5, 5.41) is 0. The van der Waals surface area contributed by atoms with E-state index < -0.39 is 18.3 Å². The molecule has 0 unspecified atom stereocenters. The lowest BCUT2D eigenvalue weighted by Crippen LogP contribution is -2.41. The first-order valence-electron chi connectivity index (χ1n) is 14.9. The van der Waals surface area contributed by atoms with Gasteiger partial charge in [-0.3, -0.25) is 0 Å². The molecule has 1 heterocycles. The van der Waals surface area contributed by atoms with Crippen molar-refractivity contribution in [1.29, 1.82) is 0 Å². The van der Waals surface area contributed by atoms with Crippen LogP contribution >= 0.6 is 0 Å². The number of hydrogen-bond donors (Lipinski definition) is 0. The molecule has 0 bridgehead atoms. The van der Waals surface area contributed by atoms with Gasteiger partial charge in [0.1, 0.15) is 0 Å². The number of carbonyl (C=O) groups is 2. The molecule has 0 aromatic heterocycles. The number of rotatable bonds is 12. The Morgan fingerprint density at radius 3 is 1.36 bits per heavy atom. The number of hydrogen-bond acceptors (Lipinski definition) is 7. The normalized spacial score (nSPS) is 15.3. The number of anilines is 3. The summed E-state index contributed by atoms with van der Waals surface area (Å²) in [6, 6.07) is 22.7. The largest absolute Gasteiger partial charge is 0.494 e. The van der Waals surface area contributed by atoms with E-state index in [4.69, 9.17) is 18.8 Å². The lowest BCUT2D eigenvalue weighted by Gasteiger charge is -2.32. The van der Waals surface area contributed by atoms with Crippen LogP contribution in [0, 0.1) is 0 Å². The summed E-state index contributed by atoms with van der Waals surface area (Å²) in [5.41, 5.74) is 3.65. The molecule has 8 heteroatoms. The van der Waals surface area contributed by atoms with Crippen LogP contribution in [0.1, 0.15) is 87.9 Å². The third-order valence-electron chi connectivity index (χ3n) is 7.86. The van der Waals surface area contributed by atoms with Gasteiger partial charge in [0, 0.05) is 17.1 Å². The van der Waals surface area contributed by atoms with Crippen LogP contribution in [0.3, 0.4) is 0 Å². The molecular formula is C34H42BNO6. The van der Waals surface area contributed by atoms with Crippen LogP contribution in [0.25, 0.3) is 0 Å². The first-order valence-corrected chi connectivity index (χ1v) is 14.9. The maximum atomic E-state index is 12.5. The van der Waals surface area contributed by atoms with Crippen molar-refractivity contribution in [2.75, 3.05) is 18.1 Å². The van der Waals surface area contributed by atoms with Crippen molar-refractivity contribution < 1.29 is 28.4 Å². The van der Waals surface area contributed by atoms with E-state index in [2.05, 4.69) is 18.7 Å². The summed E-state index contributed by atoms with van der Waals surface area (Å²) in [5.74, 6) is -0.668. The molecule has 1 aliphatic rings. The molecule has 1 aliphatic heterocycles. The highest BCUT2D eigenvalue weighted by Gasteiger charge is 2.51. The van der Waals surface area contributed by atoms with Crippen LogP contribution in [0.15, 0.2) is 72.8 Å². The number of carbonyl (C=O) groups excluding carboxylic acids is 2. The van der Waals surface area contributed by atoms with E-state index in [1.165, 1.54) is 0 Å². The number of unbranched alkanes of at least 4 members (excludes halogenated alkanes) is 2. The second-order valence-corrected chi connectivity index (χ2v) is 11.6. The van der Waals surface area contributed by atoms with Crippen molar-refractivity contribution in [2.45, 2.75) is 78.4 Å². The highest BCUT2D eigenvalue weighted by Crippen LogP contribution is 2.38. The summed E-state index contributed by atoms with van der Waals surface area (Å²) in [4.78, 5) is 27.0. The summed E-state index contributed by atoms with van der Waals surface area (Å²) in [6.07, 6.45) is 3.59. The van der Waals surface area contributed by atoms with E-state index >= 15 is 0 Å². The molecule has 0 aliphatic carbocycles. The van der Waals surface area contributed by atoms with Crippen molar-refractivity contribution in [1.82, 2.24) is 0 Å². The van der Waals surface area contributed by atoms with Gasteiger partial charge in [-0.25, -0.2) is 9.59 Å². The third-order valence-corrected chi connectivity index (χ3v) is 7.86. The quantitative estimate of drug-likeness (QED) is 0.128. The second kappa shape index (κ2) is 13.6. The molecule has 0 spiro atoms. The van der Waals surface area contributed by atoms with Crippen LogP contribution in [0.4, 0.5) is 17.1 Å². The topological polar surface area (TPSA) is 74.3 Å². The Labute approximate surface area is 250 Å². The summed E-state index contributed by atoms with van der Waals surface area (Å²) >= 11 is 0. The maximum absolute atomic E-state index is 12.5. The van der Waals surface area contributed by atoms with Gasteiger partial charge in [0.2, 0.25) is 0 Å². The van der Waals surface area contributed by atoms with Gasteiger partial charge >= 0.3 is 19.1 Å². The third kappa shape index (κ3) is 7.23. The molecule has 222 valence electrons. The minimum atomic E-state index is -0.464. The fraction of sp³-hybridized carbons (Fsp3) is 0.412. The number of ether oxygens (including phenoxy) is 2. The van der Waals surface area contributed by atoms with Crippen LogP contribution in [-0.2, 0) is 18.8 Å². The molecule has 0 amide bonds. The van der Waals surface area contributed by atoms with E-state index in [1.54, 1.807) is 24.3 Å². The predicted octanol–water partition coefficient (Wildman–Crippen LogP) is 7.37. The van der Waals surface area contributed by atoms with Gasteiger partial charge in [0.05, 0.1) is 35.5 Å². The summed E-state index contributed by atoms with van der Waals surface area (Å²) in [7, 11) is -0.464. The molecule has 42 heavy (non-hydrogen) atoms. The van der Waals surface area contributed by atoms with Crippen LogP contribution in [0.2, 0.25) is 0 Å². The molecular weight excluding hydrogens is 529 g/mol. The molecule has 0 N–H and O–H groups in total. The van der Waals surface area contributed by atoms with E-state index in [0.29, 0.717) is 24.3 Å². The van der Waals surface area contributed by atoms with Gasteiger partial charge in [0.15, 0.2) is 0 Å². The van der Waals surface area contributed by atoms with Gasteiger partial charge in [-0.05, 0) is 107 Å². The number of nitrogens with zero attached hydrogens (tertiary/aromatic N) is 1. The van der Waals surface area contributed by atoms with Crippen molar-refractivity contribution in [2.24, 2.45) is 0 Å². The Bertz CT molecular complexity index is 1250. The molecule has 0 radical (unpaired) electrons. The van der Waals surface area contributed by atoms with Gasteiger partial charge in [-0.1, -0.05) is 38.8 Å². The van der Waals surface area contributed by atoms with E-state index in [0.717, 1.165) is 48.2 Å². The van der Waals surface area contributed by atoms with Crippen molar-refractivity contribution >= 4 is 41.6 Å². The fourth-order valence-corrected chi connectivity index (χ4v) is 4.49. The second-order valence-electron chi connectivity index (χ2n) is 11.6. The Hall–Kier alpha value is -3.62. The first-order chi connectivity index (χ1) is 20.1. The predicted molar refractivity (Wildman–Crippen MR) is 167 cm³/mol. The molecule has 4 rings (SSSR count). The Kier molecular flexibility index (Phi) is 10.1. The van der Waals surface area contributed by atoms with Crippen LogP contribution in [0.5, 0.6) is 0 Å². The zero-order valence-corrected chi connectivity index (χ0v) is 25.6. The molecule has 7 nitrogen and oxygen atoms in total. The van der Waals surface area contributed by atoms with Crippen molar-refractivity contribution in [3.05, 3.63) is 83.9 Å². The van der Waals surface area contributed by atoms with Crippen LogP contribution in [-0.4, -0.2) is 43.5 Å². The molecule has 1 saturated heterocycles. The summed E-state index contributed by atoms with van der Waals surface area (Å²) < 4.78 is 23.2.